The summed E-state index contributed by atoms with van der Waals surface area (Å²) < 4.78 is 0. The molecule has 13 heavy (non-hydrogen) atoms. The first-order valence-electron chi connectivity index (χ1n) is 6.41. The highest BCUT2D eigenvalue weighted by molar-refractivity contribution is 4.50. The van der Waals surface area contributed by atoms with E-state index in [0.29, 0.717) is 0 Å². The minimum atomic E-state index is 1.36. The molecular weight excluding hydrogens is 156 g/mol. The van der Waals surface area contributed by atoms with Gasteiger partial charge in [-0.15, -0.1) is 0 Å². The van der Waals surface area contributed by atoms with E-state index in [-0.39, 0.29) is 0 Å². The fraction of sp³-hybridized carbons (Fsp3) is 1.00. The zero-order chi connectivity index (χ0) is 10.4. The van der Waals surface area contributed by atoms with E-state index in [1.165, 1.54) is 57.8 Å². The third-order valence-electron chi connectivity index (χ3n) is 2.21. The normalized spacial score (nSPS) is 12.9. The Kier molecular flexibility index (Phi) is 21.3. The molecule has 1 aliphatic carbocycles. The van der Waals surface area contributed by atoms with Gasteiger partial charge in [-0.1, -0.05) is 85.5 Å². The first kappa shape index (κ1) is 15.5. The quantitative estimate of drug-likeness (QED) is 0.504. The summed E-state index contributed by atoms with van der Waals surface area (Å²) in [5.74, 6) is 0. The second-order valence-electron chi connectivity index (χ2n) is 3.47. The van der Waals surface area contributed by atoms with Gasteiger partial charge in [0.25, 0.3) is 0 Å². The predicted octanol–water partition coefficient (Wildman–Crippen LogP) is 5.56. The monoisotopic (exact) mass is 186 g/mol. The van der Waals surface area contributed by atoms with Gasteiger partial charge in [-0.05, 0) is 0 Å². The first-order valence-corrected chi connectivity index (χ1v) is 6.41. The zero-order valence-corrected chi connectivity index (χ0v) is 10.4. The molecule has 0 atom stereocenters. The average Bonchev–Trinajstić information content (AvgIpc) is 2.06. The third-order valence-corrected chi connectivity index (χ3v) is 2.21. The van der Waals surface area contributed by atoms with Crippen LogP contribution in [0.5, 0.6) is 0 Å². The molecule has 0 aromatic rings. The van der Waals surface area contributed by atoms with E-state index in [2.05, 4.69) is 13.8 Å². The summed E-state index contributed by atoms with van der Waals surface area (Å²) in [6, 6.07) is 0. The molecule has 0 aromatic heterocycles. The van der Waals surface area contributed by atoms with Crippen LogP contribution < -0.4 is 0 Å². The Morgan fingerprint density at radius 2 is 0.923 bits per heavy atom. The molecule has 1 rings (SSSR count). The lowest BCUT2D eigenvalue weighted by Crippen LogP contribution is -1.85. The summed E-state index contributed by atoms with van der Waals surface area (Å²) in [7, 11) is 0. The van der Waals surface area contributed by atoms with E-state index < -0.39 is 0 Å². The van der Waals surface area contributed by atoms with Gasteiger partial charge < -0.3 is 0 Å². The maximum atomic E-state index is 2.25. The lowest BCUT2D eigenvalue weighted by atomic mass is 10.0. The largest absolute Gasteiger partial charge is 0.0683 e. The molecule has 0 bridgehead atoms. The molecule has 0 unspecified atom stereocenters. The van der Waals surface area contributed by atoms with Crippen LogP contribution in [0.25, 0.3) is 0 Å². The van der Waals surface area contributed by atoms with Crippen LogP contribution in [-0.2, 0) is 0 Å². The topological polar surface area (TPSA) is 0 Å². The molecule has 0 amide bonds. The van der Waals surface area contributed by atoms with Gasteiger partial charge in [-0.25, -0.2) is 0 Å². The van der Waals surface area contributed by atoms with Crippen LogP contribution in [0.2, 0.25) is 0 Å². The molecule has 1 aliphatic rings. The molecule has 0 saturated heterocycles. The molecule has 1 saturated carbocycles. The van der Waals surface area contributed by atoms with Crippen LogP contribution in [0.15, 0.2) is 0 Å². The highest BCUT2D eigenvalue weighted by Gasteiger charge is 1.95. The standard InChI is InChI=1S/C7H16.C4H8.C2H6/c1-3-5-7-6-4-2;1-2-4-3-1;1-2/h3-7H2,1-2H3;1-4H2;1-2H3. The fourth-order valence-corrected chi connectivity index (χ4v) is 0.927. The predicted molar refractivity (Wildman–Crippen MR) is 64.2 cm³/mol. The second-order valence-corrected chi connectivity index (χ2v) is 3.47. The van der Waals surface area contributed by atoms with Crippen LogP contribution in [0.4, 0.5) is 0 Å². The van der Waals surface area contributed by atoms with Crippen LogP contribution in [0, 0.1) is 0 Å². The number of unbranched alkanes of at least 4 members (excludes halogenated alkanes) is 4. The summed E-state index contributed by atoms with van der Waals surface area (Å²) >= 11 is 0. The SMILES string of the molecule is C1CCC1.CC.CCCCCCC. The first-order chi connectivity index (χ1) is 6.41. The van der Waals surface area contributed by atoms with Gasteiger partial charge in [0.2, 0.25) is 0 Å². The Balaban J connectivity index is 0. The molecule has 0 heteroatoms. The van der Waals surface area contributed by atoms with Crippen molar-refractivity contribution >= 4 is 0 Å². The van der Waals surface area contributed by atoms with Crippen molar-refractivity contribution in [1.82, 2.24) is 0 Å². The molecule has 0 radical (unpaired) electrons. The zero-order valence-electron chi connectivity index (χ0n) is 10.4. The van der Waals surface area contributed by atoms with Gasteiger partial charge >= 0.3 is 0 Å². The smallest absolute Gasteiger partial charge is 0.0533 e. The van der Waals surface area contributed by atoms with E-state index in [4.69, 9.17) is 0 Å². The van der Waals surface area contributed by atoms with Crippen LogP contribution >= 0.6 is 0 Å². The summed E-state index contributed by atoms with van der Waals surface area (Å²) in [5, 5.41) is 0. The maximum Gasteiger partial charge on any atom is -0.0533 e. The summed E-state index contributed by atoms with van der Waals surface area (Å²) in [4.78, 5) is 0. The molecule has 0 heterocycles. The van der Waals surface area contributed by atoms with Gasteiger partial charge in [-0.3, -0.25) is 0 Å². The second kappa shape index (κ2) is 17.9. The highest BCUT2D eigenvalue weighted by atomic mass is 14.0. The molecule has 82 valence electrons. The minimum Gasteiger partial charge on any atom is -0.0683 e. The van der Waals surface area contributed by atoms with E-state index in [1.807, 2.05) is 13.8 Å². The Morgan fingerprint density at radius 3 is 1.08 bits per heavy atom. The van der Waals surface area contributed by atoms with Crippen LogP contribution in [0.3, 0.4) is 0 Å². The van der Waals surface area contributed by atoms with Crippen molar-refractivity contribution in [3.8, 4) is 0 Å². The molecule has 0 aromatic carbocycles. The van der Waals surface area contributed by atoms with Crippen molar-refractivity contribution in [2.45, 2.75) is 85.5 Å². The van der Waals surface area contributed by atoms with E-state index >= 15 is 0 Å². The molecule has 0 N–H and O–H groups in total. The number of rotatable bonds is 4. The van der Waals surface area contributed by atoms with Crippen LogP contribution in [-0.4, -0.2) is 0 Å². The molecule has 0 aliphatic heterocycles. The van der Waals surface area contributed by atoms with Crippen molar-refractivity contribution in [3.05, 3.63) is 0 Å². The summed E-state index contributed by atoms with van der Waals surface area (Å²) in [6.45, 7) is 8.49. The van der Waals surface area contributed by atoms with Crippen molar-refractivity contribution in [1.29, 1.82) is 0 Å². The summed E-state index contributed by atoms with van der Waals surface area (Å²) in [5.41, 5.74) is 0. The number of hydrogen-bond donors (Lipinski definition) is 0. The van der Waals surface area contributed by atoms with Gasteiger partial charge in [0, 0.05) is 0 Å². The minimum absolute atomic E-state index is 1.36. The maximum absolute atomic E-state index is 2.25. The van der Waals surface area contributed by atoms with E-state index in [9.17, 15) is 0 Å². The van der Waals surface area contributed by atoms with E-state index in [1.54, 1.807) is 0 Å². The van der Waals surface area contributed by atoms with Crippen molar-refractivity contribution < 1.29 is 0 Å². The fourth-order valence-electron chi connectivity index (χ4n) is 0.927. The molecular formula is C13H30. The Morgan fingerprint density at radius 1 is 0.615 bits per heavy atom. The Bertz CT molecular complexity index is 45.1. The van der Waals surface area contributed by atoms with Crippen molar-refractivity contribution in [2.75, 3.05) is 0 Å². The lowest BCUT2D eigenvalue weighted by Gasteiger charge is -2.05. The van der Waals surface area contributed by atoms with Gasteiger partial charge in [-0.2, -0.15) is 0 Å². The number of hydrogen-bond acceptors (Lipinski definition) is 0. The average molecular weight is 186 g/mol. The van der Waals surface area contributed by atoms with Crippen LogP contribution in [0.1, 0.15) is 85.5 Å². The van der Waals surface area contributed by atoms with E-state index in [0.717, 1.165) is 0 Å². The highest BCUT2D eigenvalue weighted by Crippen LogP contribution is 2.15. The Hall–Kier alpha value is 0. The Labute approximate surface area is 86.1 Å². The van der Waals surface area contributed by atoms with Gasteiger partial charge in [0.15, 0.2) is 0 Å². The van der Waals surface area contributed by atoms with Gasteiger partial charge in [0.05, 0.1) is 0 Å². The third kappa shape index (κ3) is 18.8. The summed E-state index contributed by atoms with van der Waals surface area (Å²) in [6.07, 6.45) is 13.0. The molecule has 1 fully saturated rings. The van der Waals surface area contributed by atoms with Gasteiger partial charge in [0.1, 0.15) is 0 Å². The molecule has 0 spiro atoms. The van der Waals surface area contributed by atoms with Crippen molar-refractivity contribution in [2.24, 2.45) is 0 Å². The molecule has 0 nitrogen and oxygen atoms in total. The lowest BCUT2D eigenvalue weighted by molar-refractivity contribution is 0.504. The van der Waals surface area contributed by atoms with Crippen molar-refractivity contribution in [3.63, 3.8) is 0 Å².